The zero-order valence-electron chi connectivity index (χ0n) is 18.1. The van der Waals surface area contributed by atoms with Gasteiger partial charge in [-0.2, -0.15) is 5.10 Å². The Kier molecular flexibility index (Phi) is 5.98. The molecule has 2 aliphatic rings. The second kappa shape index (κ2) is 8.92. The number of halogens is 2. The molecule has 1 aliphatic heterocycles. The summed E-state index contributed by atoms with van der Waals surface area (Å²) in [5.41, 5.74) is 8.65. The lowest BCUT2D eigenvalue weighted by Gasteiger charge is -2.17. The van der Waals surface area contributed by atoms with Crippen molar-refractivity contribution in [2.24, 2.45) is 12.8 Å². The monoisotopic (exact) mass is 473 g/mol. The van der Waals surface area contributed by atoms with Gasteiger partial charge in [-0.05, 0) is 49.3 Å². The molecule has 1 aliphatic carbocycles. The normalized spacial score (nSPS) is 23.3. The fourth-order valence-electron chi connectivity index (χ4n) is 4.15. The Morgan fingerprint density at radius 3 is 2.91 bits per heavy atom. The van der Waals surface area contributed by atoms with Crippen molar-refractivity contribution >= 4 is 22.9 Å². The van der Waals surface area contributed by atoms with Gasteiger partial charge in [-0.15, -0.1) is 11.3 Å². The Morgan fingerprint density at radius 1 is 1.30 bits per heavy atom. The molecule has 0 spiro atoms. The van der Waals surface area contributed by atoms with Crippen LogP contribution in [0.25, 0.3) is 10.6 Å². The highest BCUT2D eigenvalue weighted by atomic mass is 32.1. The SMILES string of the molecule is Cn1ncc(NC(=O)c2csc(-c3cc(C4CC4)ccc3F)n2)c1C1CCC(N)C(F)CO1. The molecule has 3 aromatic rings. The van der Waals surface area contributed by atoms with Gasteiger partial charge in [-0.3, -0.25) is 9.48 Å². The first-order chi connectivity index (χ1) is 15.9. The van der Waals surface area contributed by atoms with Crippen molar-refractivity contribution < 1.29 is 18.3 Å². The van der Waals surface area contributed by atoms with Crippen molar-refractivity contribution in [2.75, 3.05) is 11.9 Å². The van der Waals surface area contributed by atoms with E-state index in [2.05, 4.69) is 15.4 Å². The van der Waals surface area contributed by atoms with Crippen LogP contribution in [0, 0.1) is 5.82 Å². The topological polar surface area (TPSA) is 95.1 Å². The summed E-state index contributed by atoms with van der Waals surface area (Å²) in [6.07, 6.45) is 3.07. The van der Waals surface area contributed by atoms with E-state index in [1.165, 1.54) is 23.6 Å². The number of nitrogens with zero attached hydrogens (tertiary/aromatic N) is 3. The molecular formula is C23H25F2N5O2S. The molecule has 0 radical (unpaired) electrons. The number of thiazole rings is 1. The van der Waals surface area contributed by atoms with Gasteiger partial charge in [0, 0.05) is 24.0 Å². The number of amides is 1. The van der Waals surface area contributed by atoms with E-state index >= 15 is 0 Å². The van der Waals surface area contributed by atoms with Crippen LogP contribution in [0.3, 0.4) is 0 Å². The first kappa shape index (κ1) is 22.1. The minimum atomic E-state index is -1.23. The van der Waals surface area contributed by atoms with Gasteiger partial charge in [0.05, 0.1) is 24.2 Å². The highest BCUT2D eigenvalue weighted by Crippen LogP contribution is 2.42. The van der Waals surface area contributed by atoms with Gasteiger partial charge >= 0.3 is 0 Å². The number of benzene rings is 1. The molecule has 33 heavy (non-hydrogen) atoms. The highest BCUT2D eigenvalue weighted by Gasteiger charge is 2.30. The number of nitrogens with one attached hydrogen (secondary N) is 1. The lowest BCUT2D eigenvalue weighted by Crippen LogP contribution is -2.32. The molecular weight excluding hydrogens is 448 g/mol. The molecule has 3 unspecified atom stereocenters. The quantitative estimate of drug-likeness (QED) is 0.575. The van der Waals surface area contributed by atoms with Crippen LogP contribution in [-0.2, 0) is 11.8 Å². The maximum Gasteiger partial charge on any atom is 0.275 e. The Morgan fingerprint density at radius 2 is 2.12 bits per heavy atom. The maximum atomic E-state index is 14.5. The third-order valence-corrected chi connectivity index (χ3v) is 7.10. The van der Waals surface area contributed by atoms with Crippen LogP contribution in [-0.4, -0.2) is 39.5 Å². The molecule has 1 saturated carbocycles. The second-order valence-electron chi connectivity index (χ2n) is 8.65. The van der Waals surface area contributed by atoms with E-state index in [0.717, 1.165) is 18.4 Å². The van der Waals surface area contributed by atoms with Gasteiger partial charge in [0.2, 0.25) is 0 Å². The number of rotatable bonds is 5. The third-order valence-electron chi connectivity index (χ3n) is 6.23. The van der Waals surface area contributed by atoms with E-state index in [4.69, 9.17) is 10.5 Å². The lowest BCUT2D eigenvalue weighted by molar-refractivity contribution is 0.0247. The Labute approximate surface area is 194 Å². The number of carbonyl (C=O) groups is 1. The second-order valence-corrected chi connectivity index (χ2v) is 9.51. The van der Waals surface area contributed by atoms with E-state index in [-0.39, 0.29) is 18.1 Å². The van der Waals surface area contributed by atoms with Crippen LogP contribution in [0.15, 0.2) is 29.8 Å². The van der Waals surface area contributed by atoms with E-state index in [1.54, 1.807) is 17.1 Å². The fourth-order valence-corrected chi connectivity index (χ4v) is 4.96. The van der Waals surface area contributed by atoms with E-state index in [0.29, 0.717) is 40.7 Å². The van der Waals surface area contributed by atoms with E-state index in [9.17, 15) is 13.6 Å². The average Bonchev–Trinajstić information content (AvgIpc) is 3.47. The van der Waals surface area contributed by atoms with Gasteiger partial charge in [0.15, 0.2) is 0 Å². The summed E-state index contributed by atoms with van der Waals surface area (Å²) >= 11 is 1.22. The average molecular weight is 474 g/mol. The van der Waals surface area contributed by atoms with Crippen LogP contribution in [0.1, 0.15) is 59.5 Å². The van der Waals surface area contributed by atoms with Crippen LogP contribution in [0.4, 0.5) is 14.5 Å². The van der Waals surface area contributed by atoms with Gasteiger partial charge < -0.3 is 15.8 Å². The van der Waals surface area contributed by atoms with Gasteiger partial charge in [-0.25, -0.2) is 13.8 Å². The Hall–Kier alpha value is -2.69. The zero-order chi connectivity index (χ0) is 23.1. The number of alkyl halides is 1. The molecule has 174 valence electrons. The number of ether oxygens (including phenoxy) is 1. The number of anilines is 1. The van der Waals surface area contributed by atoms with E-state index in [1.807, 2.05) is 12.1 Å². The standard InChI is InChI=1S/C23H25F2N5O2S/c1-30-21(20-7-6-17(26)16(25)10-32-20)18(9-27-30)28-22(31)19-11-33-23(29-19)14-8-13(12-2-3-12)4-5-15(14)24/h4-5,8-9,11-12,16-17,20H,2-3,6-7,10,26H2,1H3,(H,28,31). The van der Waals surface area contributed by atoms with Crippen molar-refractivity contribution in [3.63, 3.8) is 0 Å². The molecule has 2 aromatic heterocycles. The molecule has 5 rings (SSSR count). The summed E-state index contributed by atoms with van der Waals surface area (Å²) in [7, 11) is 1.74. The van der Waals surface area contributed by atoms with Crippen LogP contribution in [0.2, 0.25) is 0 Å². The van der Waals surface area contributed by atoms with Crippen molar-refractivity contribution in [1.29, 1.82) is 0 Å². The number of hydrogen-bond donors (Lipinski definition) is 2. The van der Waals surface area contributed by atoms with Gasteiger partial charge in [0.25, 0.3) is 5.91 Å². The predicted octanol–water partition coefficient (Wildman–Crippen LogP) is 4.33. The molecule has 3 heterocycles. The van der Waals surface area contributed by atoms with Gasteiger partial charge in [-0.1, -0.05) is 6.07 Å². The molecule has 3 atom stereocenters. The molecule has 10 heteroatoms. The van der Waals surface area contributed by atoms with E-state index < -0.39 is 24.2 Å². The van der Waals surface area contributed by atoms with Crippen LogP contribution < -0.4 is 11.1 Å². The summed E-state index contributed by atoms with van der Waals surface area (Å²) < 4.78 is 35.7. The Balaban J connectivity index is 1.35. The summed E-state index contributed by atoms with van der Waals surface area (Å²) in [6.45, 7) is -0.106. The third kappa shape index (κ3) is 4.55. The minimum absolute atomic E-state index is 0.106. The number of aromatic nitrogens is 3. The number of aryl methyl sites for hydroxylation is 1. The summed E-state index contributed by atoms with van der Waals surface area (Å²) in [4.78, 5) is 17.3. The number of carbonyl (C=O) groups excluding carboxylic acids is 1. The predicted molar refractivity (Wildman–Crippen MR) is 121 cm³/mol. The largest absolute Gasteiger partial charge is 0.369 e. The maximum absolute atomic E-state index is 14.5. The van der Waals surface area contributed by atoms with Crippen molar-refractivity contribution in [3.8, 4) is 10.6 Å². The molecule has 7 nitrogen and oxygen atoms in total. The lowest BCUT2D eigenvalue weighted by atomic mass is 10.0. The molecule has 2 fully saturated rings. The number of nitrogens with two attached hydrogens (primary N) is 1. The van der Waals surface area contributed by atoms with Crippen molar-refractivity contribution in [2.45, 2.75) is 49.9 Å². The van der Waals surface area contributed by atoms with Crippen molar-refractivity contribution in [3.05, 3.63) is 52.5 Å². The number of hydrogen-bond acceptors (Lipinski definition) is 6. The molecule has 3 N–H and O–H groups in total. The molecule has 1 saturated heterocycles. The Bertz CT molecular complexity index is 1160. The highest BCUT2D eigenvalue weighted by molar-refractivity contribution is 7.13. The van der Waals surface area contributed by atoms with Crippen LogP contribution in [0.5, 0.6) is 0 Å². The minimum Gasteiger partial charge on any atom is -0.369 e. The summed E-state index contributed by atoms with van der Waals surface area (Å²) in [5.74, 6) is -0.297. The summed E-state index contributed by atoms with van der Waals surface area (Å²) in [5, 5.41) is 9.13. The molecule has 0 bridgehead atoms. The zero-order valence-corrected chi connectivity index (χ0v) is 18.9. The van der Waals surface area contributed by atoms with Crippen molar-refractivity contribution in [1.82, 2.24) is 14.8 Å². The fraction of sp³-hybridized carbons (Fsp3) is 0.435. The van der Waals surface area contributed by atoms with Crippen LogP contribution >= 0.6 is 11.3 Å². The summed E-state index contributed by atoms with van der Waals surface area (Å²) in [6, 6.07) is 4.54. The molecule has 1 amide bonds. The first-order valence-electron chi connectivity index (χ1n) is 11.0. The van der Waals surface area contributed by atoms with Gasteiger partial charge in [0.1, 0.15) is 28.8 Å². The first-order valence-corrected chi connectivity index (χ1v) is 11.9. The smallest absolute Gasteiger partial charge is 0.275 e. The molecule has 1 aromatic carbocycles.